The third-order valence-corrected chi connectivity index (χ3v) is 2.87. The second kappa shape index (κ2) is 10.2. The fourth-order valence-electron chi connectivity index (χ4n) is 1.61. The molecule has 1 aromatic rings. The van der Waals surface area contributed by atoms with Crippen LogP contribution in [0.2, 0.25) is 0 Å². The van der Waals surface area contributed by atoms with Crippen LogP contribution in [0.5, 0.6) is 5.75 Å². The molecular weight excluding hydrogens is 270 g/mol. The lowest BCUT2D eigenvalue weighted by Gasteiger charge is -2.08. The molecule has 110 valence electrons. The first kappa shape index (κ1) is 16.4. The van der Waals surface area contributed by atoms with E-state index < -0.39 is 0 Å². The lowest BCUT2D eigenvalue weighted by molar-refractivity contribution is 0.306. The van der Waals surface area contributed by atoms with Crippen molar-refractivity contribution >= 4 is 23.5 Å². The second-order valence-electron chi connectivity index (χ2n) is 4.32. The van der Waals surface area contributed by atoms with Crippen LogP contribution in [0, 0.1) is 0 Å². The average Bonchev–Trinajstić information content (AvgIpc) is 2.45. The van der Waals surface area contributed by atoms with Gasteiger partial charge in [0.1, 0.15) is 5.75 Å². The number of benzene rings is 1. The maximum absolute atomic E-state index is 5.78. The van der Waals surface area contributed by atoms with Crippen molar-refractivity contribution in [1.29, 1.82) is 0 Å². The summed E-state index contributed by atoms with van der Waals surface area (Å²) in [5, 5.41) is 7.60. The minimum Gasteiger partial charge on any atom is -0.493 e. The lowest BCUT2D eigenvalue weighted by Crippen LogP contribution is -2.31. The summed E-state index contributed by atoms with van der Waals surface area (Å²) in [6.45, 7) is 5.68. The van der Waals surface area contributed by atoms with E-state index in [0.717, 1.165) is 30.9 Å². The van der Waals surface area contributed by atoms with Gasteiger partial charge in [0.2, 0.25) is 0 Å². The van der Waals surface area contributed by atoms with Crippen LogP contribution in [0.4, 0.5) is 0 Å². The number of hydrazone groups is 1. The summed E-state index contributed by atoms with van der Waals surface area (Å²) >= 11 is 5.03. The summed E-state index contributed by atoms with van der Waals surface area (Å²) in [5.41, 5.74) is 3.71. The van der Waals surface area contributed by atoms with Crippen LogP contribution >= 0.6 is 12.2 Å². The number of hydrogen-bond acceptors (Lipinski definition) is 3. The Balaban J connectivity index is 2.52. The van der Waals surface area contributed by atoms with Crippen LogP contribution in [0.3, 0.4) is 0 Å². The number of nitrogens with zero attached hydrogens (tertiary/aromatic N) is 1. The van der Waals surface area contributed by atoms with Gasteiger partial charge in [-0.3, -0.25) is 5.43 Å². The summed E-state index contributed by atoms with van der Waals surface area (Å²) in [6, 6.07) is 7.85. The molecule has 1 aromatic carbocycles. The molecule has 0 unspecified atom stereocenters. The van der Waals surface area contributed by atoms with Crippen LogP contribution in [-0.2, 0) is 0 Å². The van der Waals surface area contributed by atoms with E-state index in [1.807, 2.05) is 31.2 Å². The van der Waals surface area contributed by atoms with Gasteiger partial charge in [-0.05, 0) is 37.7 Å². The Hall–Kier alpha value is -1.62. The van der Waals surface area contributed by atoms with Crippen molar-refractivity contribution in [2.45, 2.75) is 33.1 Å². The molecule has 0 bridgehead atoms. The Labute approximate surface area is 126 Å². The average molecular weight is 293 g/mol. The fraction of sp³-hybridized carbons (Fsp3) is 0.467. The van der Waals surface area contributed by atoms with Crippen LogP contribution in [-0.4, -0.2) is 24.5 Å². The van der Waals surface area contributed by atoms with Crippen molar-refractivity contribution < 1.29 is 4.74 Å². The Morgan fingerprint density at radius 2 is 2.10 bits per heavy atom. The van der Waals surface area contributed by atoms with E-state index in [9.17, 15) is 0 Å². The molecule has 0 saturated heterocycles. The summed E-state index contributed by atoms with van der Waals surface area (Å²) in [4.78, 5) is 0. The molecular formula is C15H23N3OS. The highest BCUT2D eigenvalue weighted by atomic mass is 32.1. The van der Waals surface area contributed by atoms with Gasteiger partial charge in [-0.2, -0.15) is 5.10 Å². The first-order valence-corrected chi connectivity index (χ1v) is 7.47. The first-order chi connectivity index (χ1) is 9.77. The molecule has 0 aliphatic heterocycles. The van der Waals surface area contributed by atoms with E-state index in [2.05, 4.69) is 22.8 Å². The van der Waals surface area contributed by atoms with Gasteiger partial charge in [0.05, 0.1) is 12.8 Å². The van der Waals surface area contributed by atoms with E-state index in [1.54, 1.807) is 6.21 Å². The van der Waals surface area contributed by atoms with E-state index >= 15 is 0 Å². The van der Waals surface area contributed by atoms with E-state index in [-0.39, 0.29) is 0 Å². The molecule has 0 aliphatic rings. The number of unbranched alkanes of at least 4 members (excludes halogenated alkanes) is 2. The van der Waals surface area contributed by atoms with Crippen molar-refractivity contribution in [3.63, 3.8) is 0 Å². The molecule has 0 heterocycles. The predicted octanol–water partition coefficient (Wildman–Crippen LogP) is 3.07. The summed E-state index contributed by atoms with van der Waals surface area (Å²) in [7, 11) is 0. The standard InChI is InChI=1S/C15H23N3OS/c1-3-5-8-11-19-14-10-7-6-9-13(14)12-17-18-15(20)16-4-2/h6-7,9-10,12H,3-5,8,11H2,1-2H3,(H2,16,18,20)/b17-12+. The van der Waals surface area contributed by atoms with Crippen LogP contribution in [0.25, 0.3) is 0 Å². The summed E-state index contributed by atoms with van der Waals surface area (Å²) < 4.78 is 5.78. The highest BCUT2D eigenvalue weighted by molar-refractivity contribution is 7.80. The van der Waals surface area contributed by atoms with Crippen molar-refractivity contribution in [3.05, 3.63) is 29.8 Å². The molecule has 0 aromatic heterocycles. The molecule has 0 radical (unpaired) electrons. The topological polar surface area (TPSA) is 45.6 Å². The van der Waals surface area contributed by atoms with Gasteiger partial charge in [0, 0.05) is 12.1 Å². The van der Waals surface area contributed by atoms with E-state index in [1.165, 1.54) is 12.8 Å². The zero-order valence-electron chi connectivity index (χ0n) is 12.2. The highest BCUT2D eigenvalue weighted by Gasteiger charge is 2.00. The molecule has 5 heteroatoms. The zero-order chi connectivity index (χ0) is 14.6. The van der Waals surface area contributed by atoms with Crippen molar-refractivity contribution in [2.75, 3.05) is 13.2 Å². The Bertz CT molecular complexity index is 435. The monoisotopic (exact) mass is 293 g/mol. The van der Waals surface area contributed by atoms with Gasteiger partial charge in [0.15, 0.2) is 5.11 Å². The molecule has 0 spiro atoms. The van der Waals surface area contributed by atoms with Gasteiger partial charge in [-0.1, -0.05) is 31.9 Å². The quantitative estimate of drug-likeness (QED) is 0.335. The van der Waals surface area contributed by atoms with Crippen LogP contribution in [0.15, 0.2) is 29.4 Å². The minimum absolute atomic E-state index is 0.519. The number of hydrogen-bond donors (Lipinski definition) is 2. The minimum atomic E-state index is 0.519. The normalized spacial score (nSPS) is 10.5. The third-order valence-electron chi connectivity index (χ3n) is 2.63. The summed E-state index contributed by atoms with van der Waals surface area (Å²) in [5.74, 6) is 0.850. The number of rotatable bonds is 8. The van der Waals surface area contributed by atoms with Gasteiger partial charge < -0.3 is 10.1 Å². The van der Waals surface area contributed by atoms with Gasteiger partial charge in [0.25, 0.3) is 0 Å². The second-order valence-corrected chi connectivity index (χ2v) is 4.73. The molecule has 0 fully saturated rings. The van der Waals surface area contributed by atoms with Crippen molar-refractivity contribution in [2.24, 2.45) is 5.10 Å². The Morgan fingerprint density at radius 1 is 1.30 bits per heavy atom. The molecule has 0 amide bonds. The zero-order valence-corrected chi connectivity index (χ0v) is 13.0. The molecule has 0 aliphatic carbocycles. The van der Waals surface area contributed by atoms with Gasteiger partial charge in [-0.25, -0.2) is 0 Å². The number of thiocarbonyl (C=S) groups is 1. The predicted molar refractivity (Wildman–Crippen MR) is 88.5 cm³/mol. The van der Waals surface area contributed by atoms with Crippen molar-refractivity contribution in [3.8, 4) is 5.75 Å². The van der Waals surface area contributed by atoms with E-state index in [0.29, 0.717) is 5.11 Å². The number of nitrogens with one attached hydrogen (secondary N) is 2. The van der Waals surface area contributed by atoms with Gasteiger partial charge in [-0.15, -0.1) is 0 Å². The molecule has 1 rings (SSSR count). The largest absolute Gasteiger partial charge is 0.493 e. The molecule has 2 N–H and O–H groups in total. The molecule has 4 nitrogen and oxygen atoms in total. The van der Waals surface area contributed by atoms with Crippen LogP contribution < -0.4 is 15.5 Å². The smallest absolute Gasteiger partial charge is 0.186 e. The Morgan fingerprint density at radius 3 is 2.85 bits per heavy atom. The van der Waals surface area contributed by atoms with E-state index in [4.69, 9.17) is 17.0 Å². The first-order valence-electron chi connectivity index (χ1n) is 7.06. The van der Waals surface area contributed by atoms with Crippen LogP contribution in [0.1, 0.15) is 38.7 Å². The molecule has 0 saturated carbocycles. The number of para-hydroxylation sites is 1. The number of ether oxygens (including phenoxy) is 1. The SMILES string of the molecule is CCCCCOc1ccccc1/C=N/NC(=S)NCC. The fourth-order valence-corrected chi connectivity index (χ4v) is 1.81. The maximum atomic E-state index is 5.78. The third kappa shape index (κ3) is 6.52. The Kier molecular flexibility index (Phi) is 8.38. The van der Waals surface area contributed by atoms with Crippen molar-refractivity contribution in [1.82, 2.24) is 10.7 Å². The maximum Gasteiger partial charge on any atom is 0.186 e. The van der Waals surface area contributed by atoms with Gasteiger partial charge >= 0.3 is 0 Å². The lowest BCUT2D eigenvalue weighted by atomic mass is 10.2. The summed E-state index contributed by atoms with van der Waals surface area (Å²) in [6.07, 6.45) is 5.18. The highest BCUT2D eigenvalue weighted by Crippen LogP contribution is 2.16. The molecule has 20 heavy (non-hydrogen) atoms. The molecule has 0 atom stereocenters.